The summed E-state index contributed by atoms with van der Waals surface area (Å²) in [5, 5.41) is 9.89. The fourth-order valence-electron chi connectivity index (χ4n) is 5.08. The molecule has 4 rings (SSSR count). The zero-order chi connectivity index (χ0) is 19.2. The van der Waals surface area contributed by atoms with Crippen molar-refractivity contribution in [2.75, 3.05) is 26.2 Å². The fraction of sp³-hybridized carbons (Fsp3) is 0.520. The number of hydrogen-bond donors (Lipinski definition) is 1. The maximum Gasteiger partial charge on any atom is 0.115 e. The van der Waals surface area contributed by atoms with Crippen molar-refractivity contribution in [3.8, 4) is 5.75 Å². The van der Waals surface area contributed by atoms with Crippen molar-refractivity contribution in [2.45, 2.75) is 57.0 Å². The van der Waals surface area contributed by atoms with Crippen molar-refractivity contribution < 1.29 is 5.11 Å². The second-order valence-electron chi connectivity index (χ2n) is 8.52. The highest BCUT2D eigenvalue weighted by Gasteiger charge is 2.28. The molecule has 2 fully saturated rings. The van der Waals surface area contributed by atoms with Gasteiger partial charge in [-0.05, 0) is 42.5 Å². The van der Waals surface area contributed by atoms with Crippen LogP contribution in [0, 0.1) is 0 Å². The molecule has 5 heteroatoms. The fourth-order valence-corrected chi connectivity index (χ4v) is 5.08. The van der Waals surface area contributed by atoms with Crippen LogP contribution in [0.2, 0.25) is 0 Å². The number of piperazine rings is 1. The highest BCUT2D eigenvalue weighted by atomic mass is 79.9. The van der Waals surface area contributed by atoms with Crippen molar-refractivity contribution in [2.24, 2.45) is 0 Å². The van der Waals surface area contributed by atoms with Gasteiger partial charge in [0.1, 0.15) is 5.75 Å². The van der Waals surface area contributed by atoms with E-state index in [1.54, 1.807) is 6.07 Å². The first-order valence-electron chi connectivity index (χ1n) is 11.1. The molecule has 1 saturated carbocycles. The summed E-state index contributed by atoms with van der Waals surface area (Å²) >= 11 is 0. The third-order valence-corrected chi connectivity index (χ3v) is 6.65. The molecule has 2 aliphatic rings. The molecular formula is C25H36Br2N2O. The number of hydrogen-bond acceptors (Lipinski definition) is 3. The summed E-state index contributed by atoms with van der Waals surface area (Å²) < 4.78 is 0. The van der Waals surface area contributed by atoms with E-state index in [2.05, 4.69) is 46.2 Å². The van der Waals surface area contributed by atoms with E-state index in [9.17, 15) is 5.11 Å². The molecule has 1 unspecified atom stereocenters. The van der Waals surface area contributed by atoms with E-state index in [-0.39, 0.29) is 34.0 Å². The minimum absolute atomic E-state index is 0. The van der Waals surface area contributed by atoms with Crippen LogP contribution in [0.25, 0.3) is 0 Å². The number of phenolic OH excluding ortho intramolecular Hbond substituents is 1. The minimum Gasteiger partial charge on any atom is -0.508 e. The normalized spacial score (nSPS) is 19.9. The Hall–Kier alpha value is -0.880. The Labute approximate surface area is 203 Å². The van der Waals surface area contributed by atoms with Crippen LogP contribution < -0.4 is 0 Å². The van der Waals surface area contributed by atoms with Gasteiger partial charge in [-0.25, -0.2) is 0 Å². The molecule has 1 atom stereocenters. The number of aromatic hydroxyl groups is 1. The van der Waals surface area contributed by atoms with Crippen molar-refractivity contribution in [1.29, 1.82) is 0 Å². The lowest BCUT2D eigenvalue weighted by Crippen LogP contribution is -2.51. The Kier molecular flexibility index (Phi) is 10.9. The van der Waals surface area contributed by atoms with Gasteiger partial charge in [0.15, 0.2) is 0 Å². The molecule has 0 spiro atoms. The van der Waals surface area contributed by atoms with Crippen LogP contribution in [0.4, 0.5) is 0 Å². The highest BCUT2D eigenvalue weighted by molar-refractivity contribution is 8.93. The maximum absolute atomic E-state index is 9.89. The molecule has 1 N–H and O–H groups in total. The molecule has 0 amide bonds. The van der Waals surface area contributed by atoms with Gasteiger partial charge in [0.2, 0.25) is 0 Å². The second-order valence-corrected chi connectivity index (χ2v) is 8.52. The quantitative estimate of drug-likeness (QED) is 0.460. The van der Waals surface area contributed by atoms with Crippen molar-refractivity contribution >= 4 is 34.0 Å². The number of phenols is 1. The van der Waals surface area contributed by atoms with Gasteiger partial charge in [-0.3, -0.25) is 9.80 Å². The summed E-state index contributed by atoms with van der Waals surface area (Å²) in [7, 11) is 0. The molecule has 1 heterocycles. The molecule has 1 aliphatic heterocycles. The van der Waals surface area contributed by atoms with Crippen LogP contribution in [0.1, 0.15) is 55.7 Å². The molecule has 166 valence electrons. The summed E-state index contributed by atoms with van der Waals surface area (Å²) in [6.45, 7) is 4.64. The lowest BCUT2D eigenvalue weighted by atomic mass is 9.96. The second kappa shape index (κ2) is 12.8. The van der Waals surface area contributed by atoms with Gasteiger partial charge in [-0.15, -0.1) is 34.0 Å². The van der Waals surface area contributed by atoms with E-state index in [1.807, 2.05) is 12.1 Å². The molecule has 0 aromatic heterocycles. The number of benzene rings is 2. The van der Waals surface area contributed by atoms with Gasteiger partial charge in [-0.2, -0.15) is 0 Å². The molecule has 1 aliphatic carbocycles. The average molecular weight is 540 g/mol. The summed E-state index contributed by atoms with van der Waals surface area (Å²) in [4.78, 5) is 5.42. The standard InChI is InChI=1S/C25H34N2O.2BrH/c28-24-14-8-9-21(19-24)20-25(22-10-4-3-5-11-22)27-17-15-26(16-18-27)23-12-6-1-2-7-13-23;;/h3-5,8-11,14,19,23,25,28H,1-2,6-7,12-13,15-18,20H2;2*1H. The molecular weight excluding hydrogens is 504 g/mol. The molecule has 0 radical (unpaired) electrons. The lowest BCUT2D eigenvalue weighted by molar-refractivity contribution is 0.0632. The summed E-state index contributed by atoms with van der Waals surface area (Å²) in [6.07, 6.45) is 9.41. The van der Waals surface area contributed by atoms with Crippen LogP contribution in [-0.2, 0) is 6.42 Å². The summed E-state index contributed by atoms with van der Waals surface area (Å²) in [6, 6.07) is 19.8. The third-order valence-electron chi connectivity index (χ3n) is 6.65. The number of nitrogens with zero attached hydrogens (tertiary/aromatic N) is 2. The Balaban J connectivity index is 0.00000160. The first-order chi connectivity index (χ1) is 13.8. The Morgan fingerprint density at radius 3 is 2.10 bits per heavy atom. The van der Waals surface area contributed by atoms with Gasteiger partial charge in [-0.1, -0.05) is 68.1 Å². The van der Waals surface area contributed by atoms with E-state index in [4.69, 9.17) is 0 Å². The van der Waals surface area contributed by atoms with Crippen molar-refractivity contribution in [3.63, 3.8) is 0 Å². The van der Waals surface area contributed by atoms with E-state index in [1.165, 1.54) is 62.7 Å². The van der Waals surface area contributed by atoms with Gasteiger partial charge < -0.3 is 5.11 Å². The Bertz CT molecular complexity index is 727. The third kappa shape index (κ3) is 6.81. The minimum atomic E-state index is 0. The molecule has 0 bridgehead atoms. The van der Waals surface area contributed by atoms with Gasteiger partial charge in [0, 0.05) is 38.3 Å². The monoisotopic (exact) mass is 538 g/mol. The lowest BCUT2D eigenvalue weighted by Gasteiger charge is -2.42. The van der Waals surface area contributed by atoms with E-state index < -0.39 is 0 Å². The Morgan fingerprint density at radius 2 is 1.47 bits per heavy atom. The van der Waals surface area contributed by atoms with Crippen LogP contribution in [0.3, 0.4) is 0 Å². The molecule has 1 saturated heterocycles. The van der Waals surface area contributed by atoms with Crippen LogP contribution >= 0.6 is 34.0 Å². The Morgan fingerprint density at radius 1 is 0.800 bits per heavy atom. The van der Waals surface area contributed by atoms with Gasteiger partial charge in [0.05, 0.1) is 0 Å². The topological polar surface area (TPSA) is 26.7 Å². The molecule has 30 heavy (non-hydrogen) atoms. The van der Waals surface area contributed by atoms with Crippen LogP contribution in [-0.4, -0.2) is 47.1 Å². The first kappa shape index (κ1) is 25.4. The molecule has 2 aromatic rings. The predicted molar refractivity (Wildman–Crippen MR) is 136 cm³/mol. The SMILES string of the molecule is Br.Br.Oc1cccc(CC(c2ccccc2)N2CCN(C3CCCCCC3)CC2)c1. The van der Waals surface area contributed by atoms with Crippen molar-refractivity contribution in [3.05, 3.63) is 65.7 Å². The molecule has 3 nitrogen and oxygen atoms in total. The smallest absolute Gasteiger partial charge is 0.115 e. The van der Waals surface area contributed by atoms with Crippen molar-refractivity contribution in [1.82, 2.24) is 9.80 Å². The summed E-state index contributed by atoms with van der Waals surface area (Å²) in [5.74, 6) is 0.363. The van der Waals surface area contributed by atoms with Gasteiger partial charge >= 0.3 is 0 Å². The zero-order valence-corrected chi connectivity index (χ0v) is 21.2. The average Bonchev–Trinajstić information content (AvgIpc) is 3.03. The highest BCUT2D eigenvalue weighted by Crippen LogP contribution is 2.29. The number of rotatable bonds is 5. The largest absolute Gasteiger partial charge is 0.508 e. The van der Waals surface area contributed by atoms with Crippen LogP contribution in [0.15, 0.2) is 54.6 Å². The predicted octanol–water partition coefficient (Wildman–Crippen LogP) is 6.17. The zero-order valence-electron chi connectivity index (χ0n) is 17.8. The molecule has 2 aromatic carbocycles. The first-order valence-corrected chi connectivity index (χ1v) is 11.1. The summed E-state index contributed by atoms with van der Waals surface area (Å²) in [5.41, 5.74) is 2.59. The maximum atomic E-state index is 9.89. The van der Waals surface area contributed by atoms with E-state index in [0.29, 0.717) is 11.8 Å². The van der Waals surface area contributed by atoms with Gasteiger partial charge in [0.25, 0.3) is 0 Å². The number of halogens is 2. The van der Waals surface area contributed by atoms with E-state index >= 15 is 0 Å². The van der Waals surface area contributed by atoms with E-state index in [0.717, 1.165) is 25.6 Å². The van der Waals surface area contributed by atoms with Crippen LogP contribution in [0.5, 0.6) is 5.75 Å².